The maximum atomic E-state index is 11.9. The molecule has 1 aliphatic carbocycles. The van der Waals surface area contributed by atoms with E-state index in [9.17, 15) is 4.79 Å². The topological polar surface area (TPSA) is 63.5 Å². The molecule has 1 amide bonds. The molecule has 1 aliphatic rings. The summed E-state index contributed by atoms with van der Waals surface area (Å²) >= 11 is 0. The Bertz CT molecular complexity index is 743. The van der Waals surface area contributed by atoms with Gasteiger partial charge in [-0.3, -0.25) is 4.79 Å². The molecule has 0 radical (unpaired) electrons. The number of carbonyl (C=O) groups excluding carboxylic acids is 1. The molecular formula is C20H28N2O3. The van der Waals surface area contributed by atoms with E-state index in [2.05, 4.69) is 31.4 Å². The monoisotopic (exact) mass is 344 g/mol. The largest absolute Gasteiger partial charge is 0.484 e. The van der Waals surface area contributed by atoms with Crippen molar-refractivity contribution in [3.63, 3.8) is 0 Å². The zero-order valence-electron chi connectivity index (χ0n) is 15.4. The van der Waals surface area contributed by atoms with Gasteiger partial charge in [0.15, 0.2) is 6.61 Å². The van der Waals surface area contributed by atoms with Gasteiger partial charge in [-0.1, -0.05) is 0 Å². The average Bonchev–Trinajstić information content (AvgIpc) is 2.94. The highest BCUT2D eigenvalue weighted by atomic mass is 16.5. The summed E-state index contributed by atoms with van der Waals surface area (Å²) in [5, 5.41) is 7.32. The van der Waals surface area contributed by atoms with Crippen LogP contribution in [0.25, 0.3) is 11.0 Å². The zero-order valence-corrected chi connectivity index (χ0v) is 15.4. The number of aryl methyl sites for hydroxylation is 2. The number of nitrogens with one attached hydrogen (secondary N) is 2. The van der Waals surface area contributed by atoms with Crippen LogP contribution in [0.2, 0.25) is 0 Å². The van der Waals surface area contributed by atoms with Crippen molar-refractivity contribution in [1.82, 2.24) is 10.6 Å². The predicted octanol–water partition coefficient (Wildman–Crippen LogP) is 3.19. The van der Waals surface area contributed by atoms with Gasteiger partial charge in [-0.15, -0.1) is 0 Å². The zero-order chi connectivity index (χ0) is 17.9. The van der Waals surface area contributed by atoms with Crippen molar-refractivity contribution in [3.8, 4) is 5.75 Å². The second kappa shape index (κ2) is 7.48. The van der Waals surface area contributed by atoms with E-state index in [0.717, 1.165) is 36.1 Å². The Balaban J connectivity index is 1.52. The van der Waals surface area contributed by atoms with Gasteiger partial charge < -0.3 is 19.8 Å². The third kappa shape index (κ3) is 4.75. The summed E-state index contributed by atoms with van der Waals surface area (Å²) in [7, 11) is 0. The minimum absolute atomic E-state index is 0.0288. The van der Waals surface area contributed by atoms with Gasteiger partial charge in [-0.25, -0.2) is 0 Å². The van der Waals surface area contributed by atoms with Crippen molar-refractivity contribution in [2.45, 2.75) is 52.0 Å². The normalized spacial score (nSPS) is 14.4. The Labute approximate surface area is 149 Å². The first-order valence-electron chi connectivity index (χ1n) is 9.11. The number of amides is 1. The van der Waals surface area contributed by atoms with Crippen LogP contribution in [-0.4, -0.2) is 31.1 Å². The molecule has 25 heavy (non-hydrogen) atoms. The lowest BCUT2D eigenvalue weighted by Gasteiger charge is -2.20. The highest BCUT2D eigenvalue weighted by Crippen LogP contribution is 2.33. The van der Waals surface area contributed by atoms with Gasteiger partial charge in [0.1, 0.15) is 17.1 Å². The van der Waals surface area contributed by atoms with E-state index in [1.165, 1.54) is 18.4 Å². The van der Waals surface area contributed by atoms with E-state index >= 15 is 0 Å². The molecule has 1 aromatic heterocycles. The van der Waals surface area contributed by atoms with Crippen LogP contribution in [0.1, 0.15) is 44.9 Å². The standard InChI is InChI=1S/C20H28N2O3/c1-20(2,3)22-11-10-21-19(23)13-24-14-8-9-18-16(12-14)15-6-4-5-7-17(15)25-18/h8-9,12,22H,4-7,10-11,13H2,1-3H3,(H,21,23). The molecule has 2 aromatic rings. The summed E-state index contributed by atoms with van der Waals surface area (Å²) < 4.78 is 11.6. The van der Waals surface area contributed by atoms with Crippen molar-refractivity contribution >= 4 is 16.9 Å². The number of fused-ring (bicyclic) bond motifs is 3. The fourth-order valence-electron chi connectivity index (χ4n) is 3.17. The minimum Gasteiger partial charge on any atom is -0.484 e. The van der Waals surface area contributed by atoms with Gasteiger partial charge in [0.2, 0.25) is 0 Å². The van der Waals surface area contributed by atoms with Gasteiger partial charge in [0.05, 0.1) is 0 Å². The molecule has 1 heterocycles. The summed E-state index contributed by atoms with van der Waals surface area (Å²) in [6.07, 6.45) is 4.48. The molecule has 0 atom stereocenters. The second-order valence-electron chi connectivity index (χ2n) is 7.68. The Morgan fingerprint density at radius 2 is 2.00 bits per heavy atom. The quantitative estimate of drug-likeness (QED) is 0.790. The third-order valence-corrected chi connectivity index (χ3v) is 4.40. The molecule has 5 nitrogen and oxygen atoms in total. The molecule has 2 N–H and O–H groups in total. The van der Waals surface area contributed by atoms with Crippen LogP contribution in [0.4, 0.5) is 0 Å². The molecular weight excluding hydrogens is 316 g/mol. The SMILES string of the molecule is CC(C)(C)NCCNC(=O)COc1ccc2oc3c(c2c1)CCCC3. The number of rotatable bonds is 6. The fraction of sp³-hybridized carbons (Fsp3) is 0.550. The van der Waals surface area contributed by atoms with Crippen LogP contribution in [-0.2, 0) is 17.6 Å². The molecule has 0 unspecified atom stereocenters. The van der Waals surface area contributed by atoms with Crippen LogP contribution in [0.3, 0.4) is 0 Å². The summed E-state index contributed by atoms with van der Waals surface area (Å²) in [6.45, 7) is 7.66. The second-order valence-corrected chi connectivity index (χ2v) is 7.68. The Kier molecular flexibility index (Phi) is 5.33. The van der Waals surface area contributed by atoms with Crippen LogP contribution < -0.4 is 15.4 Å². The van der Waals surface area contributed by atoms with Crippen molar-refractivity contribution in [1.29, 1.82) is 0 Å². The van der Waals surface area contributed by atoms with Crippen LogP contribution in [0, 0.1) is 0 Å². The Morgan fingerprint density at radius 3 is 2.80 bits per heavy atom. The molecule has 0 fully saturated rings. The Hall–Kier alpha value is -2.01. The highest BCUT2D eigenvalue weighted by Gasteiger charge is 2.18. The maximum Gasteiger partial charge on any atom is 0.257 e. The van der Waals surface area contributed by atoms with E-state index in [-0.39, 0.29) is 18.1 Å². The number of benzene rings is 1. The molecule has 1 aromatic carbocycles. The summed E-state index contributed by atoms with van der Waals surface area (Å²) in [5.74, 6) is 1.72. The van der Waals surface area contributed by atoms with Gasteiger partial charge in [-0.05, 0) is 58.2 Å². The summed E-state index contributed by atoms with van der Waals surface area (Å²) in [4.78, 5) is 11.9. The first-order chi connectivity index (χ1) is 11.9. The first-order valence-corrected chi connectivity index (χ1v) is 9.11. The number of hydrogen-bond acceptors (Lipinski definition) is 4. The van der Waals surface area contributed by atoms with E-state index in [4.69, 9.17) is 9.15 Å². The number of hydrogen-bond donors (Lipinski definition) is 2. The average molecular weight is 344 g/mol. The number of carbonyl (C=O) groups is 1. The molecule has 3 rings (SSSR count). The smallest absolute Gasteiger partial charge is 0.257 e. The van der Waals surface area contributed by atoms with Crippen LogP contribution in [0.15, 0.2) is 22.6 Å². The summed E-state index contributed by atoms with van der Waals surface area (Å²) in [5.41, 5.74) is 2.28. The fourth-order valence-corrected chi connectivity index (χ4v) is 3.17. The lowest BCUT2D eigenvalue weighted by molar-refractivity contribution is -0.123. The third-order valence-electron chi connectivity index (χ3n) is 4.40. The molecule has 0 bridgehead atoms. The number of furan rings is 1. The lowest BCUT2D eigenvalue weighted by Crippen LogP contribution is -2.42. The molecule has 0 saturated heterocycles. The lowest BCUT2D eigenvalue weighted by atomic mass is 9.96. The van der Waals surface area contributed by atoms with Crippen molar-refractivity contribution in [2.24, 2.45) is 0 Å². The highest BCUT2D eigenvalue weighted by molar-refractivity contribution is 5.84. The van der Waals surface area contributed by atoms with E-state index in [0.29, 0.717) is 12.3 Å². The molecule has 5 heteroatoms. The molecule has 0 spiro atoms. The van der Waals surface area contributed by atoms with Gasteiger partial charge in [0.25, 0.3) is 5.91 Å². The van der Waals surface area contributed by atoms with E-state index < -0.39 is 0 Å². The van der Waals surface area contributed by atoms with Crippen LogP contribution in [0.5, 0.6) is 5.75 Å². The van der Waals surface area contributed by atoms with Gasteiger partial charge in [0, 0.05) is 36.0 Å². The van der Waals surface area contributed by atoms with Gasteiger partial charge >= 0.3 is 0 Å². The summed E-state index contributed by atoms with van der Waals surface area (Å²) in [6, 6.07) is 5.80. The first kappa shape index (κ1) is 17.8. The van der Waals surface area contributed by atoms with Crippen molar-refractivity contribution in [2.75, 3.05) is 19.7 Å². The van der Waals surface area contributed by atoms with Crippen molar-refractivity contribution in [3.05, 3.63) is 29.5 Å². The van der Waals surface area contributed by atoms with E-state index in [1.54, 1.807) is 0 Å². The Morgan fingerprint density at radius 1 is 1.20 bits per heavy atom. The minimum atomic E-state index is -0.106. The molecule has 136 valence electrons. The maximum absolute atomic E-state index is 11.9. The van der Waals surface area contributed by atoms with E-state index in [1.807, 2.05) is 18.2 Å². The molecule has 0 aliphatic heterocycles. The predicted molar refractivity (Wildman–Crippen MR) is 99.1 cm³/mol. The van der Waals surface area contributed by atoms with Gasteiger partial charge in [-0.2, -0.15) is 0 Å². The van der Waals surface area contributed by atoms with Crippen LogP contribution >= 0.6 is 0 Å². The number of ether oxygens (including phenoxy) is 1. The molecule has 0 saturated carbocycles. The van der Waals surface area contributed by atoms with Crippen molar-refractivity contribution < 1.29 is 13.9 Å².